The number of benzene rings is 1. The molecule has 0 fully saturated rings. The summed E-state index contributed by atoms with van der Waals surface area (Å²) in [5.41, 5.74) is 6.94. The Bertz CT molecular complexity index is 444. The molecule has 0 unspecified atom stereocenters. The molecule has 0 spiro atoms. The predicted molar refractivity (Wildman–Crippen MR) is 54.7 cm³/mol. The van der Waals surface area contributed by atoms with Crippen molar-refractivity contribution in [2.24, 2.45) is 0 Å². The molecule has 0 aliphatic heterocycles. The van der Waals surface area contributed by atoms with Gasteiger partial charge in [-0.3, -0.25) is 0 Å². The van der Waals surface area contributed by atoms with Gasteiger partial charge in [0.05, 0.1) is 5.02 Å². The van der Waals surface area contributed by atoms with Gasteiger partial charge in [-0.1, -0.05) is 11.6 Å². The Morgan fingerprint density at radius 2 is 1.86 bits per heavy atom. The number of rotatable bonds is 1. The standard InChI is InChI=1S/C9H7ClN4/c10-8-3-6(11)1-2-7(8)9-13-4-12-5-14-9/h1-5H,11H2. The summed E-state index contributed by atoms with van der Waals surface area (Å²) in [6, 6.07) is 5.21. The van der Waals surface area contributed by atoms with Gasteiger partial charge in [-0.25, -0.2) is 15.0 Å². The summed E-state index contributed by atoms with van der Waals surface area (Å²) in [5, 5.41) is 0.538. The molecule has 1 aromatic carbocycles. The van der Waals surface area contributed by atoms with Crippen molar-refractivity contribution < 1.29 is 0 Å². The minimum atomic E-state index is 0.538. The van der Waals surface area contributed by atoms with Crippen molar-refractivity contribution in [3.8, 4) is 11.4 Å². The summed E-state index contributed by atoms with van der Waals surface area (Å²) >= 11 is 5.98. The van der Waals surface area contributed by atoms with Gasteiger partial charge in [-0.2, -0.15) is 0 Å². The Morgan fingerprint density at radius 1 is 1.14 bits per heavy atom. The lowest BCUT2D eigenvalue weighted by Crippen LogP contribution is -1.91. The maximum absolute atomic E-state index is 5.98. The summed E-state index contributed by atoms with van der Waals surface area (Å²) in [6.07, 6.45) is 2.85. The average molecular weight is 207 g/mol. The lowest BCUT2D eigenvalue weighted by atomic mass is 10.2. The highest BCUT2D eigenvalue weighted by Crippen LogP contribution is 2.26. The minimum Gasteiger partial charge on any atom is -0.399 e. The highest BCUT2D eigenvalue weighted by atomic mass is 35.5. The van der Waals surface area contributed by atoms with Crippen molar-refractivity contribution in [3.05, 3.63) is 35.9 Å². The molecular formula is C9H7ClN4. The Kier molecular flexibility index (Phi) is 2.28. The molecule has 1 aromatic heterocycles. The molecule has 70 valence electrons. The van der Waals surface area contributed by atoms with Crippen LogP contribution in [0.15, 0.2) is 30.9 Å². The Morgan fingerprint density at radius 3 is 2.50 bits per heavy atom. The van der Waals surface area contributed by atoms with E-state index in [4.69, 9.17) is 17.3 Å². The maximum Gasteiger partial charge on any atom is 0.164 e. The fourth-order valence-electron chi connectivity index (χ4n) is 1.09. The molecule has 0 aliphatic rings. The van der Waals surface area contributed by atoms with Gasteiger partial charge in [-0.15, -0.1) is 0 Å². The van der Waals surface area contributed by atoms with Crippen LogP contribution in [0.5, 0.6) is 0 Å². The first-order chi connectivity index (χ1) is 6.77. The van der Waals surface area contributed by atoms with Gasteiger partial charge < -0.3 is 5.73 Å². The van der Waals surface area contributed by atoms with Crippen LogP contribution in [0.25, 0.3) is 11.4 Å². The van der Waals surface area contributed by atoms with Crippen molar-refractivity contribution in [1.82, 2.24) is 15.0 Å². The number of anilines is 1. The molecule has 0 bridgehead atoms. The van der Waals surface area contributed by atoms with E-state index >= 15 is 0 Å². The lowest BCUT2D eigenvalue weighted by molar-refractivity contribution is 1.06. The van der Waals surface area contributed by atoms with Crippen LogP contribution in [-0.2, 0) is 0 Å². The quantitative estimate of drug-likeness (QED) is 0.723. The Balaban J connectivity index is 2.53. The third-order valence-electron chi connectivity index (χ3n) is 1.73. The van der Waals surface area contributed by atoms with Gasteiger partial charge in [0.2, 0.25) is 0 Å². The Hall–Kier alpha value is -1.68. The number of aromatic nitrogens is 3. The third kappa shape index (κ3) is 1.65. The highest BCUT2D eigenvalue weighted by molar-refractivity contribution is 6.33. The van der Waals surface area contributed by atoms with Crippen molar-refractivity contribution in [3.63, 3.8) is 0 Å². The first-order valence-corrected chi connectivity index (χ1v) is 4.32. The zero-order valence-corrected chi connectivity index (χ0v) is 7.94. The maximum atomic E-state index is 5.98. The first-order valence-electron chi connectivity index (χ1n) is 3.95. The number of nitrogen functional groups attached to an aromatic ring is 1. The summed E-state index contributed by atoms with van der Waals surface area (Å²) in [6.45, 7) is 0. The second-order valence-electron chi connectivity index (χ2n) is 2.70. The monoisotopic (exact) mass is 206 g/mol. The average Bonchev–Trinajstić information content (AvgIpc) is 2.19. The number of nitrogens with two attached hydrogens (primary N) is 1. The van der Waals surface area contributed by atoms with E-state index in [9.17, 15) is 0 Å². The van der Waals surface area contributed by atoms with Gasteiger partial charge in [0, 0.05) is 11.3 Å². The normalized spacial score (nSPS) is 10.1. The van der Waals surface area contributed by atoms with Crippen LogP contribution in [-0.4, -0.2) is 15.0 Å². The van der Waals surface area contributed by atoms with Gasteiger partial charge >= 0.3 is 0 Å². The summed E-state index contributed by atoms with van der Waals surface area (Å²) < 4.78 is 0. The SMILES string of the molecule is Nc1ccc(-c2ncncn2)c(Cl)c1. The largest absolute Gasteiger partial charge is 0.399 e. The van der Waals surface area contributed by atoms with Crippen LogP contribution >= 0.6 is 11.6 Å². The Labute approximate surface area is 85.8 Å². The van der Waals surface area contributed by atoms with E-state index in [1.807, 2.05) is 0 Å². The molecule has 0 atom stereocenters. The van der Waals surface area contributed by atoms with Crippen LogP contribution in [0.4, 0.5) is 5.69 Å². The number of hydrogen-bond acceptors (Lipinski definition) is 4. The van der Waals surface area contributed by atoms with E-state index in [0.717, 1.165) is 5.56 Å². The molecule has 2 aromatic rings. The van der Waals surface area contributed by atoms with E-state index < -0.39 is 0 Å². The van der Waals surface area contributed by atoms with Crippen molar-refractivity contribution in [2.75, 3.05) is 5.73 Å². The second-order valence-corrected chi connectivity index (χ2v) is 3.11. The number of nitrogens with zero attached hydrogens (tertiary/aromatic N) is 3. The van der Waals surface area contributed by atoms with Crippen LogP contribution in [0, 0.1) is 0 Å². The fourth-order valence-corrected chi connectivity index (χ4v) is 1.36. The summed E-state index contributed by atoms with van der Waals surface area (Å²) in [4.78, 5) is 11.7. The number of hydrogen-bond donors (Lipinski definition) is 1. The molecule has 0 saturated carbocycles. The first kappa shape index (κ1) is 8.90. The molecule has 0 amide bonds. The van der Waals surface area contributed by atoms with Gasteiger partial charge in [0.25, 0.3) is 0 Å². The smallest absolute Gasteiger partial charge is 0.164 e. The van der Waals surface area contributed by atoms with E-state index in [2.05, 4.69) is 15.0 Å². The van der Waals surface area contributed by atoms with Crippen molar-refractivity contribution in [1.29, 1.82) is 0 Å². The zero-order valence-electron chi connectivity index (χ0n) is 7.18. The van der Waals surface area contributed by atoms with Gasteiger partial charge in [0.15, 0.2) is 5.82 Å². The van der Waals surface area contributed by atoms with Crippen molar-refractivity contribution >= 4 is 17.3 Å². The summed E-state index contributed by atoms with van der Waals surface area (Å²) in [5.74, 6) is 0.546. The molecule has 0 aliphatic carbocycles. The number of halogens is 1. The lowest BCUT2D eigenvalue weighted by Gasteiger charge is -2.02. The molecule has 5 heteroatoms. The van der Waals surface area contributed by atoms with Crippen molar-refractivity contribution in [2.45, 2.75) is 0 Å². The molecule has 0 radical (unpaired) electrons. The molecule has 0 saturated heterocycles. The third-order valence-corrected chi connectivity index (χ3v) is 2.04. The highest BCUT2D eigenvalue weighted by Gasteiger charge is 2.05. The second kappa shape index (κ2) is 3.59. The summed E-state index contributed by atoms with van der Waals surface area (Å²) in [7, 11) is 0. The van der Waals surface area contributed by atoms with Crippen LogP contribution in [0.1, 0.15) is 0 Å². The zero-order chi connectivity index (χ0) is 9.97. The fraction of sp³-hybridized carbons (Fsp3) is 0. The van der Waals surface area contributed by atoms with Crippen LogP contribution in [0.2, 0.25) is 5.02 Å². The van der Waals surface area contributed by atoms with Crippen LogP contribution in [0.3, 0.4) is 0 Å². The van der Waals surface area contributed by atoms with Crippen LogP contribution < -0.4 is 5.73 Å². The predicted octanol–water partition coefficient (Wildman–Crippen LogP) is 1.77. The van der Waals surface area contributed by atoms with E-state index in [1.54, 1.807) is 18.2 Å². The molecule has 2 rings (SSSR count). The van der Waals surface area contributed by atoms with E-state index in [1.165, 1.54) is 12.7 Å². The molecule has 4 nitrogen and oxygen atoms in total. The minimum absolute atomic E-state index is 0.538. The van der Waals surface area contributed by atoms with Gasteiger partial charge in [-0.05, 0) is 18.2 Å². The molecule has 14 heavy (non-hydrogen) atoms. The topological polar surface area (TPSA) is 64.7 Å². The molecule has 1 heterocycles. The van der Waals surface area contributed by atoms with E-state index in [-0.39, 0.29) is 0 Å². The molecular weight excluding hydrogens is 200 g/mol. The van der Waals surface area contributed by atoms with Gasteiger partial charge in [0.1, 0.15) is 12.7 Å². The molecule has 2 N–H and O–H groups in total. The van der Waals surface area contributed by atoms with E-state index in [0.29, 0.717) is 16.5 Å².